The van der Waals surface area contributed by atoms with Crippen LogP contribution >= 0.6 is 23.2 Å². The second kappa shape index (κ2) is 5.39. The number of hydrogen-bond donors (Lipinski definition) is 2. The molecule has 0 saturated heterocycles. The van der Waals surface area contributed by atoms with Crippen molar-refractivity contribution in [2.45, 2.75) is 6.61 Å². The van der Waals surface area contributed by atoms with Crippen LogP contribution in [-0.2, 0) is 16.5 Å². The largest absolute Gasteiger partial charge is 0.245 e. The molecule has 72 valence electrons. The topological polar surface area (TPSA) is 56.5 Å². The summed E-state index contributed by atoms with van der Waals surface area (Å²) in [6.07, 6.45) is 0. The zero-order chi connectivity index (χ0) is 9.68. The van der Waals surface area contributed by atoms with E-state index >= 15 is 0 Å². The minimum Gasteiger partial charge on any atom is -0.245 e. The minimum absolute atomic E-state index is 0.195. The summed E-state index contributed by atoms with van der Waals surface area (Å²) in [6, 6.07) is 5.07. The van der Waals surface area contributed by atoms with E-state index in [-0.39, 0.29) is 6.61 Å². The van der Waals surface area contributed by atoms with Crippen molar-refractivity contribution in [2.24, 2.45) is 5.84 Å². The molecule has 13 heavy (non-hydrogen) atoms. The van der Waals surface area contributed by atoms with E-state index in [1.165, 1.54) is 0 Å². The second-order valence-corrected chi connectivity index (χ2v) is 3.04. The molecule has 0 fully saturated rings. The van der Waals surface area contributed by atoms with Crippen LogP contribution in [0.15, 0.2) is 18.2 Å². The Morgan fingerprint density at radius 2 is 2.15 bits per heavy atom. The van der Waals surface area contributed by atoms with Crippen molar-refractivity contribution in [1.29, 1.82) is 0 Å². The first kappa shape index (κ1) is 10.7. The number of rotatable bonds is 4. The van der Waals surface area contributed by atoms with Crippen LogP contribution in [0.25, 0.3) is 0 Å². The predicted octanol–water partition coefficient (Wildman–Crippen LogP) is 1.82. The van der Waals surface area contributed by atoms with Crippen LogP contribution in [-0.4, -0.2) is 0 Å². The maximum atomic E-state index is 5.84. The summed E-state index contributed by atoms with van der Waals surface area (Å²) in [7, 11) is 0. The molecule has 0 aliphatic carbocycles. The van der Waals surface area contributed by atoms with Gasteiger partial charge in [0.05, 0.1) is 0 Å². The third-order valence-corrected chi connectivity index (χ3v) is 1.92. The number of nitrogens with two attached hydrogens (primary N) is 1. The third kappa shape index (κ3) is 3.48. The second-order valence-electron chi connectivity index (χ2n) is 2.20. The van der Waals surface area contributed by atoms with E-state index in [1.807, 2.05) is 5.59 Å². The minimum atomic E-state index is 0.195. The van der Waals surface area contributed by atoms with Gasteiger partial charge in [0.15, 0.2) is 0 Å². The molecule has 0 radical (unpaired) electrons. The summed E-state index contributed by atoms with van der Waals surface area (Å²) in [6.45, 7) is 0.195. The van der Waals surface area contributed by atoms with Gasteiger partial charge in [0.25, 0.3) is 0 Å². The van der Waals surface area contributed by atoms with Crippen LogP contribution in [0.2, 0.25) is 10.0 Å². The molecular formula is C7H8Cl2N2O2. The number of halogens is 2. The average molecular weight is 223 g/mol. The van der Waals surface area contributed by atoms with Crippen molar-refractivity contribution < 1.29 is 9.88 Å². The molecule has 4 nitrogen and oxygen atoms in total. The van der Waals surface area contributed by atoms with Crippen LogP contribution in [0.4, 0.5) is 0 Å². The molecule has 0 aliphatic heterocycles. The van der Waals surface area contributed by atoms with Gasteiger partial charge in [-0.05, 0) is 17.7 Å². The van der Waals surface area contributed by atoms with Crippen molar-refractivity contribution in [3.63, 3.8) is 0 Å². The SMILES string of the molecule is NNOOCc1ccc(Cl)cc1Cl. The number of hydrogen-bond acceptors (Lipinski definition) is 4. The lowest BCUT2D eigenvalue weighted by molar-refractivity contribution is -0.346. The molecule has 6 heteroatoms. The fraction of sp³-hybridized carbons (Fsp3) is 0.143. The normalized spacial score (nSPS) is 10.4. The van der Waals surface area contributed by atoms with E-state index in [1.54, 1.807) is 18.2 Å². The van der Waals surface area contributed by atoms with Gasteiger partial charge in [-0.2, -0.15) is 0 Å². The molecule has 0 amide bonds. The maximum Gasteiger partial charge on any atom is 0.111 e. The molecule has 0 spiro atoms. The van der Waals surface area contributed by atoms with Gasteiger partial charge < -0.3 is 0 Å². The molecule has 0 aromatic heterocycles. The Balaban J connectivity index is 2.56. The molecule has 3 N–H and O–H groups in total. The molecule has 0 atom stereocenters. The molecule has 0 heterocycles. The number of nitrogens with one attached hydrogen (secondary N) is 1. The Bertz CT molecular complexity index is 283. The number of benzene rings is 1. The zero-order valence-electron chi connectivity index (χ0n) is 6.59. The van der Waals surface area contributed by atoms with Gasteiger partial charge in [-0.15, -0.1) is 10.6 Å². The zero-order valence-corrected chi connectivity index (χ0v) is 8.10. The van der Waals surface area contributed by atoms with E-state index in [4.69, 9.17) is 29.0 Å². The smallest absolute Gasteiger partial charge is 0.111 e. The lowest BCUT2D eigenvalue weighted by Gasteiger charge is -2.03. The molecule has 0 aliphatic rings. The third-order valence-electron chi connectivity index (χ3n) is 1.34. The summed E-state index contributed by atoms with van der Waals surface area (Å²) in [5, 5.41) is 1.10. The highest BCUT2D eigenvalue weighted by molar-refractivity contribution is 6.35. The van der Waals surface area contributed by atoms with Gasteiger partial charge >= 0.3 is 0 Å². The van der Waals surface area contributed by atoms with E-state index in [9.17, 15) is 0 Å². The summed E-state index contributed by atoms with van der Waals surface area (Å²) in [5.74, 6) is 4.80. The molecule has 1 aromatic rings. The molecule has 1 aromatic carbocycles. The lowest BCUT2D eigenvalue weighted by atomic mass is 10.2. The highest BCUT2D eigenvalue weighted by Gasteiger charge is 2.01. The number of hydrazine groups is 1. The van der Waals surface area contributed by atoms with Crippen LogP contribution in [0.3, 0.4) is 0 Å². The van der Waals surface area contributed by atoms with E-state index in [2.05, 4.69) is 9.88 Å². The van der Waals surface area contributed by atoms with Gasteiger partial charge in [-0.25, -0.2) is 10.7 Å². The first-order chi connectivity index (χ1) is 6.24. The van der Waals surface area contributed by atoms with Crippen molar-refractivity contribution in [3.05, 3.63) is 33.8 Å². The van der Waals surface area contributed by atoms with Crippen molar-refractivity contribution in [1.82, 2.24) is 5.59 Å². The van der Waals surface area contributed by atoms with Crippen molar-refractivity contribution >= 4 is 23.2 Å². The van der Waals surface area contributed by atoms with Crippen molar-refractivity contribution in [3.8, 4) is 0 Å². The average Bonchev–Trinajstić information content (AvgIpc) is 2.09. The van der Waals surface area contributed by atoms with Gasteiger partial charge in [0.2, 0.25) is 0 Å². The fourth-order valence-electron chi connectivity index (χ4n) is 0.766. The summed E-state index contributed by atoms with van der Waals surface area (Å²) < 4.78 is 0. The Kier molecular flexibility index (Phi) is 4.44. The highest BCUT2D eigenvalue weighted by atomic mass is 35.5. The van der Waals surface area contributed by atoms with E-state index in [0.29, 0.717) is 10.0 Å². The predicted molar refractivity (Wildman–Crippen MR) is 49.7 cm³/mol. The standard InChI is InChI=1S/C7H8Cl2N2O2/c8-6-2-1-5(7(9)3-6)4-12-13-11-10/h1-3,11H,4,10H2. The van der Waals surface area contributed by atoms with Gasteiger partial charge in [-0.1, -0.05) is 29.3 Å². The lowest BCUT2D eigenvalue weighted by Crippen LogP contribution is -2.22. The molecule has 0 saturated carbocycles. The monoisotopic (exact) mass is 222 g/mol. The summed E-state index contributed by atoms with van der Waals surface area (Å²) in [4.78, 5) is 8.88. The fourth-order valence-corrected chi connectivity index (χ4v) is 1.23. The quantitative estimate of drug-likeness (QED) is 0.353. The highest BCUT2D eigenvalue weighted by Crippen LogP contribution is 2.21. The molecular weight excluding hydrogens is 215 g/mol. The van der Waals surface area contributed by atoms with Gasteiger partial charge in [0, 0.05) is 10.0 Å². The first-order valence-electron chi connectivity index (χ1n) is 3.42. The molecule has 0 bridgehead atoms. The Hall–Kier alpha value is -0.360. The Morgan fingerprint density at radius 1 is 1.38 bits per heavy atom. The Morgan fingerprint density at radius 3 is 2.77 bits per heavy atom. The first-order valence-corrected chi connectivity index (χ1v) is 4.17. The summed E-state index contributed by atoms with van der Waals surface area (Å²) >= 11 is 11.5. The van der Waals surface area contributed by atoms with Crippen LogP contribution in [0.1, 0.15) is 5.56 Å². The Labute approximate surface area is 85.4 Å². The van der Waals surface area contributed by atoms with E-state index < -0.39 is 0 Å². The van der Waals surface area contributed by atoms with Crippen molar-refractivity contribution in [2.75, 3.05) is 0 Å². The van der Waals surface area contributed by atoms with Crippen LogP contribution < -0.4 is 11.4 Å². The van der Waals surface area contributed by atoms with Gasteiger partial charge in [-0.3, -0.25) is 0 Å². The summed E-state index contributed by atoms with van der Waals surface area (Å²) in [5.41, 5.74) is 2.64. The van der Waals surface area contributed by atoms with Crippen LogP contribution in [0.5, 0.6) is 0 Å². The van der Waals surface area contributed by atoms with Gasteiger partial charge in [0.1, 0.15) is 6.61 Å². The maximum absolute atomic E-state index is 5.84. The van der Waals surface area contributed by atoms with E-state index in [0.717, 1.165) is 5.56 Å². The molecule has 0 unspecified atom stereocenters. The van der Waals surface area contributed by atoms with Crippen LogP contribution in [0, 0.1) is 0 Å². The molecule has 1 rings (SSSR count).